The van der Waals surface area contributed by atoms with Gasteiger partial charge in [-0.05, 0) is 31.9 Å². The van der Waals surface area contributed by atoms with Gasteiger partial charge < -0.3 is 4.98 Å². The number of hydrogen-bond donors (Lipinski definition) is 1. The molecule has 0 saturated heterocycles. The SMILES string of the molecule is Cc1cc(C)c(N[Si](F)(C(C)(C)C)C(C)(C)C)c(C)c1. The number of benzene rings is 1. The predicted octanol–water partition coefficient (Wildman–Crippen LogP) is 6.04. The van der Waals surface area contributed by atoms with Crippen LogP contribution in [0, 0.1) is 20.8 Å². The average Bonchev–Trinajstić information content (AvgIpc) is 2.19. The summed E-state index contributed by atoms with van der Waals surface area (Å²) in [6.45, 7) is 18.3. The average molecular weight is 296 g/mol. The van der Waals surface area contributed by atoms with E-state index >= 15 is 4.11 Å². The first-order chi connectivity index (χ1) is 8.79. The highest BCUT2D eigenvalue weighted by Crippen LogP contribution is 2.52. The summed E-state index contributed by atoms with van der Waals surface area (Å²) in [6, 6.07) is 4.24. The van der Waals surface area contributed by atoms with Gasteiger partial charge in [-0.2, -0.15) is 0 Å². The predicted molar refractivity (Wildman–Crippen MR) is 90.6 cm³/mol. The Labute approximate surface area is 125 Å². The third-order valence-electron chi connectivity index (χ3n) is 4.04. The third kappa shape index (κ3) is 3.08. The maximum Gasteiger partial charge on any atom is 0.357 e. The van der Waals surface area contributed by atoms with Crippen molar-refractivity contribution in [3.63, 3.8) is 0 Å². The molecule has 0 aromatic heterocycles. The van der Waals surface area contributed by atoms with Crippen molar-refractivity contribution in [3.05, 3.63) is 28.8 Å². The number of anilines is 1. The van der Waals surface area contributed by atoms with Crippen LogP contribution in [-0.2, 0) is 0 Å². The molecule has 1 aromatic carbocycles. The lowest BCUT2D eigenvalue weighted by Gasteiger charge is -2.45. The van der Waals surface area contributed by atoms with E-state index in [0.717, 1.165) is 16.8 Å². The first-order valence-electron chi connectivity index (χ1n) is 7.34. The summed E-state index contributed by atoms with van der Waals surface area (Å²) < 4.78 is 16.0. The molecule has 0 atom stereocenters. The van der Waals surface area contributed by atoms with Gasteiger partial charge in [0.25, 0.3) is 0 Å². The molecule has 0 aliphatic rings. The molecule has 0 saturated carbocycles. The summed E-state index contributed by atoms with van der Waals surface area (Å²) in [5.74, 6) is 0. The van der Waals surface area contributed by atoms with Crippen LogP contribution in [0.1, 0.15) is 58.2 Å². The summed E-state index contributed by atoms with van der Waals surface area (Å²) in [4.78, 5) is 3.37. The van der Waals surface area contributed by atoms with Gasteiger partial charge in [-0.1, -0.05) is 59.2 Å². The molecule has 1 nitrogen and oxygen atoms in total. The van der Waals surface area contributed by atoms with Crippen molar-refractivity contribution in [1.82, 2.24) is 0 Å². The van der Waals surface area contributed by atoms with Crippen molar-refractivity contribution >= 4 is 14.3 Å². The van der Waals surface area contributed by atoms with E-state index in [1.54, 1.807) is 0 Å². The van der Waals surface area contributed by atoms with E-state index in [-0.39, 0.29) is 10.1 Å². The summed E-state index contributed by atoms with van der Waals surface area (Å²) in [6.07, 6.45) is 0. The fraction of sp³-hybridized carbons (Fsp3) is 0.647. The molecule has 0 amide bonds. The maximum absolute atomic E-state index is 16.0. The standard InChI is InChI=1S/C17H30FNSi/c1-12-10-13(2)15(14(3)11-12)19-20(18,16(4,5)6)17(7,8)9/h10-11,19H,1-9H3. The third-order valence-corrected chi connectivity index (χ3v) is 8.77. The molecule has 1 N–H and O–H groups in total. The van der Waals surface area contributed by atoms with Crippen molar-refractivity contribution in [2.75, 3.05) is 4.98 Å². The highest BCUT2D eigenvalue weighted by atomic mass is 28.4. The van der Waals surface area contributed by atoms with E-state index in [9.17, 15) is 0 Å². The molecule has 0 aliphatic heterocycles. The monoisotopic (exact) mass is 295 g/mol. The summed E-state index contributed by atoms with van der Waals surface area (Å²) in [5, 5.41) is -0.732. The van der Waals surface area contributed by atoms with E-state index in [4.69, 9.17) is 0 Å². The summed E-state index contributed by atoms with van der Waals surface area (Å²) in [7, 11) is -3.22. The van der Waals surface area contributed by atoms with Gasteiger partial charge in [-0.15, -0.1) is 0 Å². The van der Waals surface area contributed by atoms with Crippen molar-refractivity contribution in [2.24, 2.45) is 0 Å². The van der Waals surface area contributed by atoms with E-state index in [2.05, 4.69) is 37.9 Å². The minimum absolute atomic E-state index is 0.366. The van der Waals surface area contributed by atoms with Crippen molar-refractivity contribution in [3.8, 4) is 0 Å². The Morgan fingerprint density at radius 1 is 0.850 bits per heavy atom. The Hall–Kier alpha value is -0.833. The lowest BCUT2D eigenvalue weighted by Crippen LogP contribution is -2.55. The van der Waals surface area contributed by atoms with Crippen molar-refractivity contribution in [2.45, 2.75) is 72.4 Å². The summed E-state index contributed by atoms with van der Waals surface area (Å²) in [5.41, 5.74) is 4.47. The molecular formula is C17H30FNSi. The molecule has 0 spiro atoms. The molecule has 0 heterocycles. The van der Waals surface area contributed by atoms with Crippen molar-refractivity contribution < 1.29 is 4.11 Å². The minimum Gasteiger partial charge on any atom is -0.385 e. The van der Waals surface area contributed by atoms with Crippen LogP contribution in [0.4, 0.5) is 9.80 Å². The molecule has 0 radical (unpaired) electrons. The fourth-order valence-corrected chi connectivity index (χ4v) is 6.79. The lowest BCUT2D eigenvalue weighted by molar-refractivity contribution is 0.524. The van der Waals surface area contributed by atoms with Crippen LogP contribution in [0.25, 0.3) is 0 Å². The quantitative estimate of drug-likeness (QED) is 0.518. The van der Waals surface area contributed by atoms with Gasteiger partial charge in [0.05, 0.1) is 0 Å². The Morgan fingerprint density at radius 2 is 1.20 bits per heavy atom. The molecule has 0 unspecified atom stereocenters. The molecule has 0 bridgehead atoms. The summed E-state index contributed by atoms with van der Waals surface area (Å²) >= 11 is 0. The van der Waals surface area contributed by atoms with E-state index < -0.39 is 8.57 Å². The van der Waals surface area contributed by atoms with E-state index in [1.165, 1.54) is 5.56 Å². The van der Waals surface area contributed by atoms with Gasteiger partial charge in [0.1, 0.15) is 0 Å². The second-order valence-electron chi connectivity index (χ2n) is 8.06. The number of halogens is 1. The van der Waals surface area contributed by atoms with Crippen LogP contribution in [-0.4, -0.2) is 8.57 Å². The Bertz CT molecular complexity index is 458. The number of nitrogens with one attached hydrogen (secondary N) is 1. The highest BCUT2D eigenvalue weighted by molar-refractivity contribution is 6.81. The van der Waals surface area contributed by atoms with Gasteiger partial charge in [-0.3, -0.25) is 4.11 Å². The van der Waals surface area contributed by atoms with Gasteiger partial charge >= 0.3 is 8.57 Å². The Kier molecular flexibility index (Phi) is 4.45. The smallest absolute Gasteiger partial charge is 0.357 e. The zero-order valence-electron chi connectivity index (χ0n) is 14.5. The zero-order chi connectivity index (χ0) is 15.9. The largest absolute Gasteiger partial charge is 0.385 e. The fourth-order valence-electron chi connectivity index (χ4n) is 3.05. The molecular weight excluding hydrogens is 265 g/mol. The van der Waals surface area contributed by atoms with Crippen LogP contribution in [0.5, 0.6) is 0 Å². The molecule has 3 heteroatoms. The topological polar surface area (TPSA) is 12.0 Å². The Morgan fingerprint density at radius 3 is 1.50 bits per heavy atom. The first-order valence-corrected chi connectivity index (χ1v) is 9.22. The highest BCUT2D eigenvalue weighted by Gasteiger charge is 2.56. The van der Waals surface area contributed by atoms with Crippen LogP contribution in [0.2, 0.25) is 10.1 Å². The van der Waals surface area contributed by atoms with E-state index in [0.29, 0.717) is 0 Å². The number of rotatable bonds is 2. The van der Waals surface area contributed by atoms with Crippen LogP contribution >= 0.6 is 0 Å². The first kappa shape index (κ1) is 17.2. The Balaban J connectivity index is 3.37. The van der Waals surface area contributed by atoms with Crippen molar-refractivity contribution in [1.29, 1.82) is 0 Å². The van der Waals surface area contributed by atoms with Gasteiger partial charge in [0, 0.05) is 15.8 Å². The maximum atomic E-state index is 16.0. The van der Waals surface area contributed by atoms with E-state index in [1.807, 2.05) is 41.5 Å². The lowest BCUT2D eigenvalue weighted by atomic mass is 10.1. The number of hydrogen-bond acceptors (Lipinski definition) is 1. The normalized spacial score (nSPS) is 13.5. The molecule has 114 valence electrons. The molecule has 0 aliphatic carbocycles. The molecule has 0 fully saturated rings. The van der Waals surface area contributed by atoms with Crippen LogP contribution < -0.4 is 4.98 Å². The van der Waals surface area contributed by atoms with Gasteiger partial charge in [0.2, 0.25) is 0 Å². The number of aryl methyl sites for hydroxylation is 3. The second-order valence-corrected chi connectivity index (χ2v) is 12.6. The molecule has 20 heavy (non-hydrogen) atoms. The van der Waals surface area contributed by atoms with Gasteiger partial charge in [0.15, 0.2) is 0 Å². The molecule has 1 aromatic rings. The minimum atomic E-state index is -3.22. The van der Waals surface area contributed by atoms with Crippen LogP contribution in [0.15, 0.2) is 12.1 Å². The second kappa shape index (κ2) is 5.17. The zero-order valence-corrected chi connectivity index (χ0v) is 15.5. The van der Waals surface area contributed by atoms with Gasteiger partial charge in [-0.25, -0.2) is 0 Å². The molecule has 1 rings (SSSR count). The van der Waals surface area contributed by atoms with Crippen LogP contribution in [0.3, 0.4) is 0 Å².